The first-order valence-corrected chi connectivity index (χ1v) is 7.29. The second-order valence-electron chi connectivity index (χ2n) is 4.61. The van der Waals surface area contributed by atoms with Gasteiger partial charge in [0.25, 0.3) is 0 Å². The molecule has 1 heterocycles. The Balaban J connectivity index is 2.41. The topological polar surface area (TPSA) is 25.8 Å². The van der Waals surface area contributed by atoms with Crippen molar-refractivity contribution in [2.24, 2.45) is 5.92 Å². The fourth-order valence-corrected chi connectivity index (χ4v) is 2.49. The van der Waals surface area contributed by atoms with E-state index in [9.17, 15) is 0 Å². The Bertz CT molecular complexity index is 555. The molecule has 4 heteroatoms. The summed E-state index contributed by atoms with van der Waals surface area (Å²) < 4.78 is 1.17. The van der Waals surface area contributed by atoms with Crippen LogP contribution in [0.2, 0.25) is 5.15 Å². The maximum absolute atomic E-state index is 6.07. The van der Waals surface area contributed by atoms with Crippen molar-refractivity contribution in [3.8, 4) is 11.4 Å². The van der Waals surface area contributed by atoms with Gasteiger partial charge in [0.2, 0.25) is 0 Å². The van der Waals surface area contributed by atoms with E-state index in [2.05, 4.69) is 52.5 Å². The van der Waals surface area contributed by atoms with Gasteiger partial charge in [-0.2, -0.15) is 0 Å². The first-order chi connectivity index (χ1) is 8.54. The van der Waals surface area contributed by atoms with Crippen molar-refractivity contribution in [1.29, 1.82) is 0 Å². The minimum Gasteiger partial charge on any atom is -0.233 e. The van der Waals surface area contributed by atoms with Gasteiger partial charge in [-0.3, -0.25) is 0 Å². The summed E-state index contributed by atoms with van der Waals surface area (Å²) in [6.07, 6.45) is 0.916. The fraction of sp³-hybridized carbons (Fsp3) is 0.286. The van der Waals surface area contributed by atoms with Crippen LogP contribution in [-0.4, -0.2) is 9.97 Å². The number of halogens is 2. The molecule has 0 radical (unpaired) electrons. The lowest BCUT2D eigenvalue weighted by Gasteiger charge is -2.07. The Morgan fingerprint density at radius 1 is 1.22 bits per heavy atom. The summed E-state index contributed by atoms with van der Waals surface area (Å²) in [5, 5.41) is 0.509. The molecule has 0 spiro atoms. The van der Waals surface area contributed by atoms with Crippen molar-refractivity contribution in [3.05, 3.63) is 44.7 Å². The monoisotopic (exact) mass is 372 g/mol. The first kappa shape index (κ1) is 13.7. The lowest BCUT2D eigenvalue weighted by atomic mass is 10.1. The SMILES string of the molecule is CC(C)Cc1cc(Cl)nc(-c2cccc(I)c2)n1. The molecule has 2 aromatic rings. The van der Waals surface area contributed by atoms with E-state index in [0.29, 0.717) is 16.9 Å². The molecule has 0 bridgehead atoms. The normalized spacial score (nSPS) is 10.9. The maximum Gasteiger partial charge on any atom is 0.161 e. The van der Waals surface area contributed by atoms with Crippen molar-refractivity contribution in [2.75, 3.05) is 0 Å². The maximum atomic E-state index is 6.07. The van der Waals surface area contributed by atoms with Crippen molar-refractivity contribution in [3.63, 3.8) is 0 Å². The van der Waals surface area contributed by atoms with Crippen LogP contribution in [0.4, 0.5) is 0 Å². The van der Waals surface area contributed by atoms with Crippen molar-refractivity contribution < 1.29 is 0 Å². The van der Waals surface area contributed by atoms with E-state index in [1.54, 1.807) is 0 Å². The number of hydrogen-bond acceptors (Lipinski definition) is 2. The van der Waals surface area contributed by atoms with Gasteiger partial charge in [-0.25, -0.2) is 9.97 Å². The second kappa shape index (κ2) is 5.97. The van der Waals surface area contributed by atoms with Gasteiger partial charge in [-0.05, 0) is 53.1 Å². The molecular weight excluding hydrogens is 359 g/mol. The van der Waals surface area contributed by atoms with Crippen LogP contribution in [-0.2, 0) is 6.42 Å². The molecule has 0 fully saturated rings. The Morgan fingerprint density at radius 3 is 2.67 bits per heavy atom. The van der Waals surface area contributed by atoms with Crippen LogP contribution >= 0.6 is 34.2 Å². The third-order valence-corrected chi connectivity index (χ3v) is 3.31. The van der Waals surface area contributed by atoms with Crippen LogP contribution in [0.15, 0.2) is 30.3 Å². The first-order valence-electron chi connectivity index (χ1n) is 5.84. The van der Waals surface area contributed by atoms with Gasteiger partial charge in [0, 0.05) is 14.8 Å². The van der Waals surface area contributed by atoms with E-state index >= 15 is 0 Å². The lowest BCUT2D eigenvalue weighted by molar-refractivity contribution is 0.634. The lowest BCUT2D eigenvalue weighted by Crippen LogP contribution is -2.00. The molecule has 94 valence electrons. The van der Waals surface area contributed by atoms with Gasteiger partial charge in [0.15, 0.2) is 5.82 Å². The zero-order valence-electron chi connectivity index (χ0n) is 10.3. The quantitative estimate of drug-likeness (QED) is 0.581. The minimum atomic E-state index is 0.509. The average molecular weight is 373 g/mol. The highest BCUT2D eigenvalue weighted by molar-refractivity contribution is 14.1. The van der Waals surface area contributed by atoms with Crippen LogP contribution in [0.1, 0.15) is 19.5 Å². The summed E-state index contributed by atoms with van der Waals surface area (Å²) in [6.45, 7) is 4.34. The summed E-state index contributed by atoms with van der Waals surface area (Å²) >= 11 is 8.35. The molecule has 0 aliphatic rings. The molecule has 1 aromatic heterocycles. The van der Waals surface area contributed by atoms with E-state index in [0.717, 1.165) is 17.7 Å². The van der Waals surface area contributed by atoms with Crippen molar-refractivity contribution >= 4 is 34.2 Å². The molecular formula is C14H14ClIN2. The van der Waals surface area contributed by atoms with E-state index < -0.39 is 0 Å². The van der Waals surface area contributed by atoms with Crippen molar-refractivity contribution in [1.82, 2.24) is 9.97 Å². The minimum absolute atomic E-state index is 0.509. The summed E-state index contributed by atoms with van der Waals surface area (Å²) in [7, 11) is 0. The molecule has 18 heavy (non-hydrogen) atoms. The van der Waals surface area contributed by atoms with Crippen molar-refractivity contribution in [2.45, 2.75) is 20.3 Å². The van der Waals surface area contributed by atoms with E-state index in [4.69, 9.17) is 11.6 Å². The van der Waals surface area contributed by atoms with E-state index in [1.807, 2.05) is 24.3 Å². The van der Waals surface area contributed by atoms with Crippen LogP contribution in [0.25, 0.3) is 11.4 Å². The summed E-state index contributed by atoms with van der Waals surface area (Å²) in [6, 6.07) is 9.96. The zero-order chi connectivity index (χ0) is 13.1. The Morgan fingerprint density at radius 2 is 2.00 bits per heavy atom. The van der Waals surface area contributed by atoms with Gasteiger partial charge in [0.1, 0.15) is 5.15 Å². The Labute approximate surface area is 126 Å². The smallest absolute Gasteiger partial charge is 0.161 e. The molecule has 2 nitrogen and oxygen atoms in total. The predicted molar refractivity (Wildman–Crippen MR) is 83.7 cm³/mol. The molecule has 0 atom stereocenters. The number of rotatable bonds is 3. The molecule has 0 amide bonds. The Kier molecular flexibility index (Phi) is 4.56. The third kappa shape index (κ3) is 3.65. The highest BCUT2D eigenvalue weighted by atomic mass is 127. The fourth-order valence-electron chi connectivity index (χ4n) is 1.74. The summed E-state index contributed by atoms with van der Waals surface area (Å²) in [4.78, 5) is 8.89. The third-order valence-electron chi connectivity index (χ3n) is 2.45. The van der Waals surface area contributed by atoms with Gasteiger partial charge < -0.3 is 0 Å². The summed E-state index contributed by atoms with van der Waals surface area (Å²) in [5.74, 6) is 1.26. The van der Waals surface area contributed by atoms with Crippen LogP contribution in [0, 0.1) is 9.49 Å². The molecule has 1 aromatic carbocycles. The molecule has 0 aliphatic heterocycles. The molecule has 2 rings (SSSR count). The molecule has 0 saturated heterocycles. The van der Waals surface area contributed by atoms with Crippen LogP contribution in [0.3, 0.4) is 0 Å². The predicted octanol–water partition coefficient (Wildman–Crippen LogP) is 4.60. The number of hydrogen-bond donors (Lipinski definition) is 0. The molecule has 0 aliphatic carbocycles. The molecule has 0 unspecified atom stereocenters. The van der Waals surface area contributed by atoms with Gasteiger partial charge in [-0.1, -0.05) is 37.6 Å². The summed E-state index contributed by atoms with van der Waals surface area (Å²) in [5.41, 5.74) is 2.01. The molecule has 0 saturated carbocycles. The van der Waals surface area contributed by atoms with Gasteiger partial charge >= 0.3 is 0 Å². The molecule has 0 N–H and O–H groups in total. The van der Waals surface area contributed by atoms with Crippen LogP contribution < -0.4 is 0 Å². The van der Waals surface area contributed by atoms with E-state index in [-0.39, 0.29) is 0 Å². The standard InChI is InChI=1S/C14H14ClIN2/c1-9(2)6-12-8-13(15)18-14(17-12)10-4-3-5-11(16)7-10/h3-5,7-9H,6H2,1-2H3. The Hall–Kier alpha value is -0.680. The zero-order valence-corrected chi connectivity index (χ0v) is 13.2. The number of benzene rings is 1. The van der Waals surface area contributed by atoms with Gasteiger partial charge in [-0.15, -0.1) is 0 Å². The van der Waals surface area contributed by atoms with Gasteiger partial charge in [0.05, 0.1) is 0 Å². The number of nitrogens with zero attached hydrogens (tertiary/aromatic N) is 2. The second-order valence-corrected chi connectivity index (χ2v) is 6.25. The van der Waals surface area contributed by atoms with E-state index in [1.165, 1.54) is 3.57 Å². The average Bonchev–Trinajstić information content (AvgIpc) is 2.27. The number of aromatic nitrogens is 2. The largest absolute Gasteiger partial charge is 0.233 e. The van der Waals surface area contributed by atoms with Crippen LogP contribution in [0.5, 0.6) is 0 Å². The highest BCUT2D eigenvalue weighted by Gasteiger charge is 2.07. The highest BCUT2D eigenvalue weighted by Crippen LogP contribution is 2.21.